The van der Waals surface area contributed by atoms with E-state index in [0.717, 1.165) is 5.56 Å². The second kappa shape index (κ2) is 5.27. The predicted molar refractivity (Wildman–Crippen MR) is 87.6 cm³/mol. The largest absolute Gasteiger partial charge is 0.269 e. The topological polar surface area (TPSA) is 73.3 Å². The van der Waals surface area contributed by atoms with Crippen LogP contribution in [0, 0.1) is 6.92 Å². The van der Waals surface area contributed by atoms with Gasteiger partial charge in [0.15, 0.2) is 13.3 Å². The van der Waals surface area contributed by atoms with Crippen LogP contribution in [0.3, 0.4) is 0 Å². The molecular weight excluding hydrogens is 288 g/mol. The van der Waals surface area contributed by atoms with Crippen molar-refractivity contribution < 1.29 is 4.21 Å². The Morgan fingerprint density at radius 3 is 2.25 bits per heavy atom. The lowest BCUT2D eigenvalue weighted by atomic mass is 10.2. The minimum absolute atomic E-state index is 0.00352. The molecule has 1 unspecified atom stereocenters. The van der Waals surface area contributed by atoms with E-state index < -0.39 is 18.2 Å². The molecule has 0 saturated carbocycles. The van der Waals surface area contributed by atoms with Crippen molar-refractivity contribution >= 4 is 18.2 Å². The average molecular weight is 317 g/mol. The van der Waals surface area contributed by atoms with Crippen LogP contribution in [-0.2, 0) is 9.92 Å². The van der Waals surface area contributed by atoms with Crippen molar-refractivity contribution in [2.24, 2.45) is 9.17 Å². The molecule has 0 aliphatic carbocycles. The number of aryl methyl sites for hydroxylation is 1. The highest BCUT2D eigenvalue weighted by Gasteiger charge is 2.37. The summed E-state index contributed by atoms with van der Waals surface area (Å²) < 4.78 is 19.3. The molecule has 5 nitrogen and oxygen atoms in total. The SMILES string of the molecule is Cc1cn(C(C)C)nc1S(N)(=O)=N[Si](C)(C)C(C)(C)C. The van der Waals surface area contributed by atoms with Gasteiger partial charge in [0.1, 0.15) is 9.92 Å². The van der Waals surface area contributed by atoms with Gasteiger partial charge in [-0.2, -0.15) is 5.10 Å². The fourth-order valence-electron chi connectivity index (χ4n) is 1.54. The number of aromatic nitrogens is 2. The van der Waals surface area contributed by atoms with E-state index in [1.807, 2.05) is 27.0 Å². The molecule has 1 aromatic heterocycles. The molecule has 0 bridgehead atoms. The number of hydrogen-bond donors (Lipinski definition) is 1. The van der Waals surface area contributed by atoms with Gasteiger partial charge in [-0.3, -0.25) is 8.71 Å². The lowest BCUT2D eigenvalue weighted by molar-refractivity contribution is 0.520. The quantitative estimate of drug-likeness (QED) is 0.867. The second-order valence-electron chi connectivity index (χ2n) is 7.16. The van der Waals surface area contributed by atoms with Crippen LogP contribution in [0.4, 0.5) is 0 Å². The molecule has 1 heterocycles. The number of hydrogen-bond acceptors (Lipinski definition) is 3. The molecule has 0 spiro atoms. The van der Waals surface area contributed by atoms with Crippen molar-refractivity contribution in [3.05, 3.63) is 11.8 Å². The van der Waals surface area contributed by atoms with Crippen LogP contribution in [0.15, 0.2) is 15.3 Å². The van der Waals surface area contributed by atoms with Gasteiger partial charge < -0.3 is 0 Å². The van der Waals surface area contributed by atoms with E-state index in [-0.39, 0.29) is 11.1 Å². The van der Waals surface area contributed by atoms with E-state index in [0.29, 0.717) is 5.03 Å². The molecule has 1 aromatic rings. The van der Waals surface area contributed by atoms with Crippen molar-refractivity contribution in [2.75, 3.05) is 0 Å². The van der Waals surface area contributed by atoms with Crippen molar-refractivity contribution in [1.29, 1.82) is 0 Å². The van der Waals surface area contributed by atoms with E-state index >= 15 is 0 Å². The molecule has 0 radical (unpaired) electrons. The van der Waals surface area contributed by atoms with Gasteiger partial charge in [-0.15, -0.1) is 0 Å². The number of nitrogens with zero attached hydrogens (tertiary/aromatic N) is 3. The van der Waals surface area contributed by atoms with E-state index in [2.05, 4.69) is 43.0 Å². The van der Waals surface area contributed by atoms with Gasteiger partial charge in [-0.1, -0.05) is 20.8 Å². The molecule has 0 aliphatic heterocycles. The highest BCUT2D eigenvalue weighted by atomic mass is 32.2. The van der Waals surface area contributed by atoms with Gasteiger partial charge in [-0.25, -0.2) is 9.35 Å². The minimum atomic E-state index is -2.94. The van der Waals surface area contributed by atoms with Crippen molar-refractivity contribution in [1.82, 2.24) is 9.78 Å². The maximum atomic E-state index is 12.9. The van der Waals surface area contributed by atoms with E-state index in [4.69, 9.17) is 5.14 Å². The highest BCUT2D eigenvalue weighted by molar-refractivity contribution is 7.92. The summed E-state index contributed by atoms with van der Waals surface area (Å²) in [4.78, 5) is 0. The maximum Gasteiger partial charge on any atom is 0.195 e. The Kier molecular flexibility index (Phi) is 4.58. The summed E-state index contributed by atoms with van der Waals surface area (Å²) in [5, 5.41) is 10.9. The monoisotopic (exact) mass is 316 g/mol. The van der Waals surface area contributed by atoms with Crippen LogP contribution in [0.25, 0.3) is 0 Å². The summed E-state index contributed by atoms with van der Waals surface area (Å²) in [6, 6.07) is 0.213. The molecule has 116 valence electrons. The Morgan fingerprint density at radius 2 is 1.90 bits per heavy atom. The first-order valence-corrected chi connectivity index (χ1v) is 11.4. The zero-order valence-electron chi connectivity index (χ0n) is 13.9. The molecule has 0 fully saturated rings. The summed E-state index contributed by atoms with van der Waals surface area (Å²) in [6.45, 7) is 16.5. The summed E-state index contributed by atoms with van der Waals surface area (Å²) >= 11 is 0. The van der Waals surface area contributed by atoms with Crippen LogP contribution in [-0.4, -0.2) is 22.2 Å². The van der Waals surface area contributed by atoms with Crippen LogP contribution < -0.4 is 5.14 Å². The van der Waals surface area contributed by atoms with E-state index in [1.165, 1.54) is 0 Å². The third-order valence-electron chi connectivity index (χ3n) is 3.87. The summed E-state index contributed by atoms with van der Waals surface area (Å²) in [7, 11) is -5.03. The third-order valence-corrected chi connectivity index (χ3v) is 11.4. The number of nitrogens with two attached hydrogens (primary N) is 1. The third kappa shape index (κ3) is 3.50. The Balaban J connectivity index is 3.41. The van der Waals surface area contributed by atoms with Gasteiger partial charge in [-0.05, 0) is 38.9 Å². The van der Waals surface area contributed by atoms with Gasteiger partial charge in [0.25, 0.3) is 0 Å². The first-order valence-electron chi connectivity index (χ1n) is 6.90. The van der Waals surface area contributed by atoms with Crippen LogP contribution in [0.5, 0.6) is 0 Å². The maximum absolute atomic E-state index is 12.9. The fraction of sp³-hybridized carbons (Fsp3) is 0.769. The van der Waals surface area contributed by atoms with Gasteiger partial charge in [0.05, 0.1) is 0 Å². The molecular formula is C13H28N4OSSi. The van der Waals surface area contributed by atoms with Crippen LogP contribution in [0.1, 0.15) is 46.2 Å². The van der Waals surface area contributed by atoms with E-state index in [9.17, 15) is 4.21 Å². The smallest absolute Gasteiger partial charge is 0.195 e. The van der Waals surface area contributed by atoms with Crippen molar-refractivity contribution in [2.45, 2.75) is 70.7 Å². The van der Waals surface area contributed by atoms with Crippen molar-refractivity contribution in [3.8, 4) is 0 Å². The molecule has 1 rings (SSSR count). The van der Waals surface area contributed by atoms with Gasteiger partial charge in [0.2, 0.25) is 0 Å². The lowest BCUT2D eigenvalue weighted by Crippen LogP contribution is -2.37. The molecule has 0 amide bonds. The van der Waals surface area contributed by atoms with Crippen LogP contribution >= 0.6 is 0 Å². The second-order valence-corrected chi connectivity index (χ2v) is 14.0. The van der Waals surface area contributed by atoms with Crippen molar-refractivity contribution in [3.63, 3.8) is 0 Å². The first kappa shape index (κ1) is 17.4. The summed E-state index contributed by atoms with van der Waals surface area (Å²) in [5.74, 6) is 0. The predicted octanol–water partition coefficient (Wildman–Crippen LogP) is 3.48. The number of rotatable bonds is 3. The summed E-state index contributed by atoms with van der Waals surface area (Å²) in [5.41, 5.74) is 0.841. The zero-order chi connectivity index (χ0) is 15.9. The molecule has 2 N–H and O–H groups in total. The normalized spacial score (nSPS) is 16.3. The Morgan fingerprint density at radius 1 is 1.40 bits per heavy atom. The molecule has 0 saturated heterocycles. The molecule has 0 aromatic carbocycles. The van der Waals surface area contributed by atoms with E-state index in [1.54, 1.807) is 4.68 Å². The standard InChI is InChI=1S/C13H28N4OSSi/c1-10(2)17-9-11(3)12(15-17)19(14,18)16-20(7,8)13(4,5)6/h9-10H,1-8H3,(H2,14,16,18). The highest BCUT2D eigenvalue weighted by Crippen LogP contribution is 2.37. The molecule has 1 atom stereocenters. The Bertz CT molecular complexity index is 604. The Labute approximate surface area is 124 Å². The van der Waals surface area contributed by atoms with Gasteiger partial charge >= 0.3 is 0 Å². The zero-order valence-corrected chi connectivity index (χ0v) is 15.7. The first-order chi connectivity index (χ1) is 8.78. The average Bonchev–Trinajstić information content (AvgIpc) is 2.57. The molecule has 20 heavy (non-hydrogen) atoms. The fourth-order valence-corrected chi connectivity index (χ4v) is 6.42. The Hall–Kier alpha value is -0.663. The minimum Gasteiger partial charge on any atom is -0.269 e. The van der Waals surface area contributed by atoms with Gasteiger partial charge in [0, 0.05) is 17.8 Å². The van der Waals surface area contributed by atoms with Crippen LogP contribution in [0.2, 0.25) is 18.1 Å². The summed E-state index contributed by atoms with van der Waals surface area (Å²) in [6.07, 6.45) is 1.88. The molecule has 7 heteroatoms. The lowest BCUT2D eigenvalue weighted by Gasteiger charge is -2.32. The molecule has 0 aliphatic rings.